The van der Waals surface area contributed by atoms with E-state index in [9.17, 15) is 13.2 Å². The third-order valence-electron chi connectivity index (χ3n) is 4.69. The van der Waals surface area contributed by atoms with Gasteiger partial charge in [-0.05, 0) is 54.4 Å². The van der Waals surface area contributed by atoms with Crippen LogP contribution >= 0.6 is 11.6 Å². The van der Waals surface area contributed by atoms with Crippen LogP contribution in [0.15, 0.2) is 71.6 Å². The van der Waals surface area contributed by atoms with Gasteiger partial charge in [0.15, 0.2) is 0 Å². The van der Waals surface area contributed by atoms with Gasteiger partial charge in [0.25, 0.3) is 5.91 Å². The molecule has 0 saturated carbocycles. The molecular weight excluding hydrogens is 410 g/mol. The first-order chi connectivity index (χ1) is 13.8. The SMILES string of the molecule is Cc1ccc(NC(=O)c2ccc(C3Nc4ccccc4S(=O)(=O)N3)cc2)cc1Cl. The van der Waals surface area contributed by atoms with Gasteiger partial charge in [0.2, 0.25) is 10.0 Å². The highest BCUT2D eigenvalue weighted by Crippen LogP contribution is 2.30. The zero-order valence-electron chi connectivity index (χ0n) is 15.4. The minimum Gasteiger partial charge on any atom is -0.364 e. The van der Waals surface area contributed by atoms with Crippen LogP contribution in [0, 0.1) is 6.92 Å². The van der Waals surface area contributed by atoms with Gasteiger partial charge in [-0.25, -0.2) is 8.42 Å². The van der Waals surface area contributed by atoms with Crippen molar-refractivity contribution in [1.29, 1.82) is 0 Å². The van der Waals surface area contributed by atoms with Crippen LogP contribution in [0.2, 0.25) is 5.02 Å². The van der Waals surface area contributed by atoms with Crippen molar-refractivity contribution in [3.05, 3.63) is 88.4 Å². The number of aryl methyl sites for hydroxylation is 1. The van der Waals surface area contributed by atoms with Crippen LogP contribution in [0.1, 0.15) is 27.7 Å². The molecule has 3 aromatic carbocycles. The fourth-order valence-corrected chi connectivity index (χ4v) is 4.56. The van der Waals surface area contributed by atoms with Crippen molar-refractivity contribution in [1.82, 2.24) is 4.72 Å². The Labute approximate surface area is 174 Å². The van der Waals surface area contributed by atoms with Gasteiger partial charge < -0.3 is 10.6 Å². The van der Waals surface area contributed by atoms with Crippen LogP contribution in [0.5, 0.6) is 0 Å². The summed E-state index contributed by atoms with van der Waals surface area (Å²) in [6, 6.07) is 18.8. The Bertz CT molecular complexity index is 1190. The van der Waals surface area contributed by atoms with E-state index in [1.165, 1.54) is 0 Å². The van der Waals surface area contributed by atoms with Crippen molar-refractivity contribution in [2.24, 2.45) is 0 Å². The third kappa shape index (κ3) is 3.98. The summed E-state index contributed by atoms with van der Waals surface area (Å²) in [5.74, 6) is -0.279. The Balaban J connectivity index is 1.52. The van der Waals surface area contributed by atoms with Crippen molar-refractivity contribution < 1.29 is 13.2 Å². The van der Waals surface area contributed by atoms with E-state index in [1.807, 2.05) is 13.0 Å². The van der Waals surface area contributed by atoms with Crippen molar-refractivity contribution >= 4 is 38.9 Å². The molecule has 4 rings (SSSR count). The normalized spacial score (nSPS) is 17.1. The molecule has 148 valence electrons. The first kappa shape index (κ1) is 19.4. The van der Waals surface area contributed by atoms with Crippen LogP contribution in [-0.4, -0.2) is 14.3 Å². The van der Waals surface area contributed by atoms with E-state index in [0.29, 0.717) is 27.5 Å². The number of halogens is 1. The van der Waals surface area contributed by atoms with Crippen molar-refractivity contribution in [2.75, 3.05) is 10.6 Å². The van der Waals surface area contributed by atoms with E-state index in [-0.39, 0.29) is 10.8 Å². The molecule has 29 heavy (non-hydrogen) atoms. The Morgan fingerprint density at radius 2 is 1.76 bits per heavy atom. The fraction of sp³-hybridized carbons (Fsp3) is 0.0952. The standard InChI is InChI=1S/C21H18ClN3O3S/c1-13-6-11-16(12-17(13)22)23-21(26)15-9-7-14(8-10-15)20-24-18-4-2-3-5-19(18)29(27,28)25-20/h2-12,20,24-25H,1H3,(H,23,26). The van der Waals surface area contributed by atoms with Gasteiger partial charge in [0.1, 0.15) is 11.1 Å². The zero-order valence-corrected chi connectivity index (χ0v) is 17.0. The summed E-state index contributed by atoms with van der Waals surface area (Å²) in [5.41, 5.74) is 3.21. The largest absolute Gasteiger partial charge is 0.364 e. The zero-order chi connectivity index (χ0) is 20.6. The summed E-state index contributed by atoms with van der Waals surface area (Å²) in [4.78, 5) is 12.7. The maximum atomic E-state index is 12.5. The van der Waals surface area contributed by atoms with E-state index in [1.54, 1.807) is 60.7 Å². The van der Waals surface area contributed by atoms with E-state index in [4.69, 9.17) is 11.6 Å². The lowest BCUT2D eigenvalue weighted by molar-refractivity contribution is 0.102. The van der Waals surface area contributed by atoms with Gasteiger partial charge in [-0.1, -0.05) is 41.9 Å². The van der Waals surface area contributed by atoms with Crippen molar-refractivity contribution in [2.45, 2.75) is 18.0 Å². The monoisotopic (exact) mass is 427 g/mol. The molecule has 3 N–H and O–H groups in total. The van der Waals surface area contributed by atoms with Crippen molar-refractivity contribution in [3.8, 4) is 0 Å². The Kier molecular flexibility index (Phi) is 5.04. The maximum Gasteiger partial charge on any atom is 0.255 e. The van der Waals surface area contributed by atoms with Crippen LogP contribution in [0.25, 0.3) is 0 Å². The topological polar surface area (TPSA) is 87.3 Å². The molecule has 0 bridgehead atoms. The molecule has 1 atom stereocenters. The summed E-state index contributed by atoms with van der Waals surface area (Å²) in [5, 5.41) is 6.54. The highest BCUT2D eigenvalue weighted by molar-refractivity contribution is 7.89. The summed E-state index contributed by atoms with van der Waals surface area (Å²) >= 11 is 6.09. The molecule has 1 aliphatic rings. The van der Waals surface area contributed by atoms with Crippen LogP contribution in [-0.2, 0) is 10.0 Å². The van der Waals surface area contributed by atoms with Crippen LogP contribution in [0.3, 0.4) is 0 Å². The minimum absolute atomic E-state index is 0.212. The lowest BCUT2D eigenvalue weighted by Gasteiger charge is -2.28. The van der Waals surface area contributed by atoms with Gasteiger partial charge in [-0.15, -0.1) is 0 Å². The Morgan fingerprint density at radius 3 is 2.48 bits per heavy atom. The number of amides is 1. The summed E-state index contributed by atoms with van der Waals surface area (Å²) in [6.45, 7) is 1.89. The molecule has 1 unspecified atom stereocenters. The van der Waals surface area contributed by atoms with Crippen LogP contribution in [0.4, 0.5) is 11.4 Å². The number of fused-ring (bicyclic) bond motifs is 1. The predicted molar refractivity (Wildman–Crippen MR) is 114 cm³/mol. The molecule has 8 heteroatoms. The molecule has 0 spiro atoms. The second-order valence-electron chi connectivity index (χ2n) is 6.73. The molecule has 6 nitrogen and oxygen atoms in total. The lowest BCUT2D eigenvalue weighted by Crippen LogP contribution is -2.38. The fourth-order valence-electron chi connectivity index (χ4n) is 3.08. The number of rotatable bonds is 3. The molecule has 0 aromatic heterocycles. The van der Waals surface area contributed by atoms with E-state index >= 15 is 0 Å². The van der Waals surface area contributed by atoms with Gasteiger partial charge in [0, 0.05) is 16.3 Å². The molecule has 1 heterocycles. The molecule has 1 aliphatic heterocycles. The van der Waals surface area contributed by atoms with Gasteiger partial charge in [-0.2, -0.15) is 4.72 Å². The molecule has 1 amide bonds. The predicted octanol–water partition coefficient (Wildman–Crippen LogP) is 4.30. The number of hydrogen-bond donors (Lipinski definition) is 3. The number of hydrogen-bond acceptors (Lipinski definition) is 4. The maximum absolute atomic E-state index is 12.5. The van der Waals surface area contributed by atoms with Crippen LogP contribution < -0.4 is 15.4 Å². The molecule has 0 saturated heterocycles. The molecule has 3 aromatic rings. The minimum atomic E-state index is -3.62. The van der Waals surface area contributed by atoms with E-state index < -0.39 is 16.2 Å². The van der Waals surface area contributed by atoms with E-state index in [0.717, 1.165) is 5.56 Å². The first-order valence-electron chi connectivity index (χ1n) is 8.89. The van der Waals surface area contributed by atoms with Crippen molar-refractivity contribution in [3.63, 3.8) is 0 Å². The average molecular weight is 428 g/mol. The molecular formula is C21H18ClN3O3S. The van der Waals surface area contributed by atoms with Gasteiger partial charge in [-0.3, -0.25) is 4.79 Å². The Hall–Kier alpha value is -2.87. The average Bonchev–Trinajstić information content (AvgIpc) is 2.70. The number of benzene rings is 3. The second kappa shape index (κ2) is 7.51. The number of sulfonamides is 1. The van der Waals surface area contributed by atoms with Gasteiger partial charge >= 0.3 is 0 Å². The quantitative estimate of drug-likeness (QED) is 0.581. The smallest absolute Gasteiger partial charge is 0.255 e. The molecule has 0 radical (unpaired) electrons. The Morgan fingerprint density at radius 1 is 1.03 bits per heavy atom. The lowest BCUT2D eigenvalue weighted by atomic mass is 10.1. The number of carbonyl (C=O) groups excluding carboxylic acids is 1. The number of carbonyl (C=O) groups is 1. The summed E-state index contributed by atoms with van der Waals surface area (Å²) in [7, 11) is -3.62. The second-order valence-corrected chi connectivity index (χ2v) is 8.82. The van der Waals surface area contributed by atoms with Gasteiger partial charge in [0.05, 0.1) is 5.69 Å². The highest BCUT2D eigenvalue weighted by atomic mass is 35.5. The molecule has 0 aliphatic carbocycles. The number of anilines is 2. The molecule has 0 fully saturated rings. The first-order valence-corrected chi connectivity index (χ1v) is 10.7. The number of nitrogens with one attached hydrogen (secondary N) is 3. The third-order valence-corrected chi connectivity index (χ3v) is 6.57. The summed E-state index contributed by atoms with van der Waals surface area (Å²) < 4.78 is 27.5. The van der Waals surface area contributed by atoms with E-state index in [2.05, 4.69) is 15.4 Å². The number of para-hydroxylation sites is 1. The highest BCUT2D eigenvalue weighted by Gasteiger charge is 2.29. The summed E-state index contributed by atoms with van der Waals surface area (Å²) in [6.07, 6.45) is -0.622.